The zero-order valence-corrected chi connectivity index (χ0v) is 34.8. The summed E-state index contributed by atoms with van der Waals surface area (Å²) in [5.41, 5.74) is 13.0. The molecule has 0 saturated carbocycles. The summed E-state index contributed by atoms with van der Waals surface area (Å²) in [5, 5.41) is 7.80. The smallest absolute Gasteiger partial charge is 0.0462 e. The first-order valence-corrected chi connectivity index (χ1v) is 22.4. The van der Waals surface area contributed by atoms with E-state index in [2.05, 4.69) is 229 Å². The summed E-state index contributed by atoms with van der Waals surface area (Å²) in [4.78, 5) is 2.37. The zero-order valence-electron chi connectivity index (χ0n) is 33.1. The fraction of sp³-hybridized carbons (Fsp3) is 0. The SMILES string of the molecule is c1cc(-c2ccc(N(c3ccc(-c4ccc5c(c4)sc4ccccc45)cc3)c3ccc(-c4ccc5sc6ccccc6c5c4)cc3)cc2)cc(-c2ccc3ccccc3c2)c1. The first kappa shape index (κ1) is 35.6. The second kappa shape index (κ2) is 14.8. The third kappa shape index (κ3) is 6.47. The van der Waals surface area contributed by atoms with Crippen molar-refractivity contribution >= 4 is 90.9 Å². The Morgan fingerprint density at radius 3 is 1.31 bits per heavy atom. The van der Waals surface area contributed by atoms with E-state index >= 15 is 0 Å². The molecule has 3 heteroatoms. The molecule has 0 spiro atoms. The lowest BCUT2D eigenvalue weighted by atomic mass is 9.97. The van der Waals surface area contributed by atoms with Gasteiger partial charge in [0, 0.05) is 57.4 Å². The van der Waals surface area contributed by atoms with E-state index in [1.807, 2.05) is 22.7 Å². The Morgan fingerprint density at radius 1 is 0.230 bits per heavy atom. The quantitative estimate of drug-likeness (QED) is 0.155. The minimum atomic E-state index is 1.10. The molecule has 12 rings (SSSR count). The summed E-state index contributed by atoms with van der Waals surface area (Å²) < 4.78 is 5.30. The largest absolute Gasteiger partial charge is 0.311 e. The van der Waals surface area contributed by atoms with Crippen LogP contribution < -0.4 is 4.90 Å². The molecular weight excluding hydrogens is 775 g/mol. The van der Waals surface area contributed by atoms with Crippen LogP contribution in [0.1, 0.15) is 0 Å². The van der Waals surface area contributed by atoms with Crippen molar-refractivity contribution in [2.24, 2.45) is 0 Å². The second-order valence-corrected chi connectivity index (χ2v) is 17.9. The van der Waals surface area contributed by atoms with E-state index in [1.165, 1.54) is 95.6 Å². The lowest BCUT2D eigenvalue weighted by Crippen LogP contribution is -2.09. The van der Waals surface area contributed by atoms with Crippen molar-refractivity contribution < 1.29 is 0 Å². The van der Waals surface area contributed by atoms with E-state index in [0.29, 0.717) is 0 Å². The summed E-state index contributed by atoms with van der Waals surface area (Å²) in [5.74, 6) is 0. The number of nitrogens with zero attached hydrogens (tertiary/aromatic N) is 1. The van der Waals surface area contributed by atoms with Crippen molar-refractivity contribution in [3.63, 3.8) is 0 Å². The molecule has 2 aromatic heterocycles. The maximum Gasteiger partial charge on any atom is 0.0462 e. The fourth-order valence-electron chi connectivity index (χ4n) is 8.91. The van der Waals surface area contributed by atoms with Gasteiger partial charge in [-0.15, -0.1) is 22.7 Å². The van der Waals surface area contributed by atoms with Crippen molar-refractivity contribution in [1.82, 2.24) is 0 Å². The van der Waals surface area contributed by atoms with Gasteiger partial charge in [-0.2, -0.15) is 0 Å². The third-order valence-corrected chi connectivity index (χ3v) is 14.4. The van der Waals surface area contributed by atoms with Gasteiger partial charge in [-0.3, -0.25) is 0 Å². The van der Waals surface area contributed by atoms with Crippen LogP contribution in [-0.2, 0) is 0 Å². The molecule has 0 aliphatic carbocycles. The second-order valence-electron chi connectivity index (χ2n) is 15.7. The average molecular weight is 812 g/mol. The van der Waals surface area contributed by atoms with Gasteiger partial charge in [-0.25, -0.2) is 0 Å². The minimum Gasteiger partial charge on any atom is -0.311 e. The number of benzene rings is 10. The Hall–Kier alpha value is -7.30. The molecule has 0 bridgehead atoms. The number of rotatable bonds is 7. The van der Waals surface area contributed by atoms with Crippen LogP contribution in [0, 0.1) is 0 Å². The lowest BCUT2D eigenvalue weighted by molar-refractivity contribution is 1.28. The van der Waals surface area contributed by atoms with Crippen LogP contribution in [-0.4, -0.2) is 0 Å². The van der Waals surface area contributed by atoms with E-state index in [4.69, 9.17) is 0 Å². The van der Waals surface area contributed by atoms with Crippen LogP contribution >= 0.6 is 22.7 Å². The van der Waals surface area contributed by atoms with Crippen molar-refractivity contribution in [3.05, 3.63) is 224 Å². The molecule has 0 fully saturated rings. The monoisotopic (exact) mass is 811 g/mol. The molecule has 0 aliphatic rings. The molecule has 0 amide bonds. The molecule has 0 saturated heterocycles. The van der Waals surface area contributed by atoms with Crippen LogP contribution in [0.2, 0.25) is 0 Å². The van der Waals surface area contributed by atoms with Gasteiger partial charge in [-0.1, -0.05) is 146 Å². The highest BCUT2D eigenvalue weighted by Gasteiger charge is 2.15. The molecule has 12 aromatic rings. The summed E-state index contributed by atoms with van der Waals surface area (Å²) in [6.45, 7) is 0. The highest BCUT2D eigenvalue weighted by atomic mass is 32.1. The van der Waals surface area contributed by atoms with Gasteiger partial charge in [0.1, 0.15) is 0 Å². The molecule has 2 heterocycles. The first-order chi connectivity index (χ1) is 30.2. The average Bonchev–Trinajstić information content (AvgIpc) is 3.90. The molecule has 286 valence electrons. The van der Waals surface area contributed by atoms with Crippen LogP contribution in [0.3, 0.4) is 0 Å². The van der Waals surface area contributed by atoms with E-state index < -0.39 is 0 Å². The molecule has 0 aliphatic heterocycles. The van der Waals surface area contributed by atoms with Crippen molar-refractivity contribution in [1.29, 1.82) is 0 Å². The Bertz CT molecular complexity index is 3580. The number of thiophene rings is 2. The summed E-state index contributed by atoms with van der Waals surface area (Å²) in [7, 11) is 0. The predicted molar refractivity (Wildman–Crippen MR) is 266 cm³/mol. The Morgan fingerprint density at radius 2 is 0.656 bits per heavy atom. The van der Waals surface area contributed by atoms with Crippen LogP contribution in [0.15, 0.2) is 224 Å². The number of fused-ring (bicyclic) bond motifs is 7. The lowest BCUT2D eigenvalue weighted by Gasteiger charge is -2.26. The van der Waals surface area contributed by atoms with Crippen molar-refractivity contribution in [2.45, 2.75) is 0 Å². The van der Waals surface area contributed by atoms with Gasteiger partial charge in [0.2, 0.25) is 0 Å². The van der Waals surface area contributed by atoms with Crippen LogP contribution in [0.5, 0.6) is 0 Å². The minimum absolute atomic E-state index is 1.10. The molecule has 0 atom stereocenters. The van der Waals surface area contributed by atoms with Crippen LogP contribution in [0.25, 0.3) is 95.6 Å². The number of hydrogen-bond acceptors (Lipinski definition) is 3. The van der Waals surface area contributed by atoms with Gasteiger partial charge in [0.15, 0.2) is 0 Å². The zero-order chi connectivity index (χ0) is 40.3. The highest BCUT2D eigenvalue weighted by Crippen LogP contribution is 2.41. The highest BCUT2D eigenvalue weighted by molar-refractivity contribution is 7.26. The Labute approximate surface area is 362 Å². The van der Waals surface area contributed by atoms with E-state index in [-0.39, 0.29) is 0 Å². The van der Waals surface area contributed by atoms with E-state index in [0.717, 1.165) is 17.1 Å². The normalized spacial score (nSPS) is 11.6. The first-order valence-electron chi connectivity index (χ1n) is 20.7. The van der Waals surface area contributed by atoms with E-state index in [9.17, 15) is 0 Å². The number of anilines is 3. The molecule has 10 aromatic carbocycles. The maximum absolute atomic E-state index is 2.37. The summed E-state index contributed by atoms with van der Waals surface area (Å²) in [6, 6.07) is 82.5. The van der Waals surface area contributed by atoms with Gasteiger partial charge < -0.3 is 4.90 Å². The predicted octanol–water partition coefficient (Wildman–Crippen LogP) is 17.7. The number of hydrogen-bond donors (Lipinski definition) is 0. The maximum atomic E-state index is 2.37. The van der Waals surface area contributed by atoms with Crippen molar-refractivity contribution in [3.8, 4) is 44.5 Å². The van der Waals surface area contributed by atoms with Crippen molar-refractivity contribution in [2.75, 3.05) is 4.90 Å². The Kier molecular flexibility index (Phi) is 8.62. The fourth-order valence-corrected chi connectivity index (χ4v) is 11.1. The van der Waals surface area contributed by atoms with E-state index in [1.54, 1.807) is 0 Å². The van der Waals surface area contributed by atoms with Gasteiger partial charge in [-0.05, 0) is 134 Å². The topological polar surface area (TPSA) is 3.24 Å². The van der Waals surface area contributed by atoms with Gasteiger partial charge >= 0.3 is 0 Å². The molecule has 0 N–H and O–H groups in total. The summed E-state index contributed by atoms with van der Waals surface area (Å²) in [6.07, 6.45) is 0. The summed E-state index contributed by atoms with van der Waals surface area (Å²) >= 11 is 3.73. The van der Waals surface area contributed by atoms with Gasteiger partial charge in [0.25, 0.3) is 0 Å². The van der Waals surface area contributed by atoms with Gasteiger partial charge in [0.05, 0.1) is 0 Å². The Balaban J connectivity index is 0.900. The molecule has 0 unspecified atom stereocenters. The molecule has 1 nitrogen and oxygen atoms in total. The third-order valence-electron chi connectivity index (χ3n) is 12.1. The molecular formula is C58H37NS2. The standard InChI is InChI=1S/C58H37NS2/c1-2-9-42-35-45(17-16-38(42)8-1)44-11-7-10-43(34-44)39-18-26-48(27-19-39)59(49-28-20-40(21-29-49)46-25-33-57-54(36-46)52-13-4-6-15-56(52)60-57)50-30-22-41(23-31-50)47-24-32-53-51-12-3-5-14-55(51)61-58(53)37-47/h1-37H. The molecule has 61 heavy (non-hydrogen) atoms. The van der Waals surface area contributed by atoms with Crippen LogP contribution in [0.4, 0.5) is 17.1 Å². The molecule has 0 radical (unpaired) electrons.